The first-order valence-corrected chi connectivity index (χ1v) is 8.58. The number of nitrogens with zero attached hydrogens (tertiary/aromatic N) is 2. The molecule has 1 fully saturated rings. The van der Waals surface area contributed by atoms with E-state index in [-0.39, 0.29) is 23.7 Å². The second-order valence-corrected chi connectivity index (χ2v) is 6.80. The summed E-state index contributed by atoms with van der Waals surface area (Å²) in [6.45, 7) is 2.28. The summed E-state index contributed by atoms with van der Waals surface area (Å²) in [7, 11) is 0. The van der Waals surface area contributed by atoms with Crippen molar-refractivity contribution in [3.63, 3.8) is 0 Å². The Balaban J connectivity index is 2.00. The number of aryl methyl sites for hydroxylation is 1. The third-order valence-corrected chi connectivity index (χ3v) is 4.96. The van der Waals surface area contributed by atoms with Gasteiger partial charge in [0.15, 0.2) is 0 Å². The van der Waals surface area contributed by atoms with Gasteiger partial charge in [0.25, 0.3) is 5.91 Å². The summed E-state index contributed by atoms with van der Waals surface area (Å²) in [5, 5.41) is 13.9. The monoisotopic (exact) mass is 382 g/mol. The van der Waals surface area contributed by atoms with Crippen LogP contribution >= 0.6 is 23.2 Å². The molecule has 3 rings (SSSR count). The molecule has 1 saturated heterocycles. The van der Waals surface area contributed by atoms with Gasteiger partial charge in [0.05, 0.1) is 16.0 Å². The minimum Gasteiger partial charge on any atom is -0.481 e. The molecule has 1 N–H and O–H groups in total. The van der Waals surface area contributed by atoms with Crippen LogP contribution in [0.3, 0.4) is 0 Å². The van der Waals surface area contributed by atoms with E-state index in [1.54, 1.807) is 25.1 Å². The number of rotatable bonds is 3. The van der Waals surface area contributed by atoms with Crippen LogP contribution < -0.4 is 0 Å². The van der Waals surface area contributed by atoms with Crippen molar-refractivity contribution < 1.29 is 19.2 Å². The fourth-order valence-corrected chi connectivity index (χ4v) is 3.62. The maximum absolute atomic E-state index is 13.0. The third kappa shape index (κ3) is 3.37. The number of aromatic nitrogens is 1. The van der Waals surface area contributed by atoms with Crippen LogP contribution in [0.25, 0.3) is 11.3 Å². The van der Waals surface area contributed by atoms with E-state index in [9.17, 15) is 14.7 Å². The van der Waals surface area contributed by atoms with Gasteiger partial charge in [-0.2, -0.15) is 0 Å². The molecule has 132 valence electrons. The number of likely N-dealkylation sites (tertiary alicyclic amines) is 1. The van der Waals surface area contributed by atoms with E-state index >= 15 is 0 Å². The number of hydrogen-bond acceptors (Lipinski definition) is 4. The number of aliphatic carboxylic acids is 1. The Morgan fingerprint density at radius 2 is 2.00 bits per heavy atom. The molecule has 0 spiro atoms. The van der Waals surface area contributed by atoms with Gasteiger partial charge in [-0.15, -0.1) is 0 Å². The van der Waals surface area contributed by atoms with Gasteiger partial charge in [-0.05, 0) is 31.9 Å². The van der Waals surface area contributed by atoms with Crippen molar-refractivity contribution in [2.24, 2.45) is 5.92 Å². The Morgan fingerprint density at radius 1 is 1.32 bits per heavy atom. The van der Waals surface area contributed by atoms with Crippen molar-refractivity contribution >= 4 is 35.1 Å². The molecule has 8 heteroatoms. The molecule has 1 aromatic carbocycles. The molecular formula is C17H16Cl2N2O4. The summed E-state index contributed by atoms with van der Waals surface area (Å²) in [5.41, 5.74) is 0.967. The van der Waals surface area contributed by atoms with Gasteiger partial charge in [0, 0.05) is 18.7 Å². The zero-order chi connectivity index (χ0) is 18.1. The molecular weight excluding hydrogens is 367 g/mol. The minimum atomic E-state index is -0.895. The number of hydrogen-bond donors (Lipinski definition) is 1. The molecule has 25 heavy (non-hydrogen) atoms. The van der Waals surface area contributed by atoms with Crippen LogP contribution in [0, 0.1) is 12.8 Å². The fraction of sp³-hybridized carbons (Fsp3) is 0.353. The lowest BCUT2D eigenvalue weighted by Gasteiger charge is -2.30. The summed E-state index contributed by atoms with van der Waals surface area (Å²) in [4.78, 5) is 25.8. The normalized spacial score (nSPS) is 17.6. The molecule has 0 aliphatic carbocycles. The van der Waals surface area contributed by atoms with Crippen LogP contribution in [-0.4, -0.2) is 40.1 Å². The van der Waals surface area contributed by atoms with Crippen molar-refractivity contribution in [2.75, 3.05) is 13.1 Å². The Hall–Kier alpha value is -2.05. The van der Waals surface area contributed by atoms with Crippen LogP contribution in [0.5, 0.6) is 0 Å². The molecule has 1 aliphatic rings. The summed E-state index contributed by atoms with van der Waals surface area (Å²) in [6, 6.07) is 5.01. The van der Waals surface area contributed by atoms with Crippen LogP contribution in [0.2, 0.25) is 10.0 Å². The second-order valence-electron chi connectivity index (χ2n) is 5.99. The van der Waals surface area contributed by atoms with E-state index in [4.69, 9.17) is 27.7 Å². The lowest BCUT2D eigenvalue weighted by atomic mass is 9.97. The topological polar surface area (TPSA) is 83.6 Å². The molecule has 0 bridgehead atoms. The van der Waals surface area contributed by atoms with Gasteiger partial charge >= 0.3 is 5.97 Å². The van der Waals surface area contributed by atoms with Crippen LogP contribution in [-0.2, 0) is 4.79 Å². The van der Waals surface area contributed by atoms with E-state index in [1.807, 2.05) is 0 Å². The molecule has 2 heterocycles. The first kappa shape index (κ1) is 17.8. The van der Waals surface area contributed by atoms with E-state index in [2.05, 4.69) is 5.16 Å². The molecule has 1 aliphatic heterocycles. The minimum absolute atomic E-state index is 0.161. The Kier molecular flexibility index (Phi) is 5.01. The SMILES string of the molecule is Cc1onc(-c2c(Cl)cccc2Cl)c1C(=O)N1CCCC(C(=O)O)C1. The van der Waals surface area contributed by atoms with Crippen molar-refractivity contribution in [3.05, 3.63) is 39.6 Å². The molecule has 1 atom stereocenters. The molecule has 6 nitrogen and oxygen atoms in total. The van der Waals surface area contributed by atoms with E-state index < -0.39 is 11.9 Å². The highest BCUT2D eigenvalue weighted by atomic mass is 35.5. The predicted octanol–water partition coefficient (Wildman–Crippen LogP) is 3.89. The van der Waals surface area contributed by atoms with Crippen molar-refractivity contribution in [3.8, 4) is 11.3 Å². The third-order valence-electron chi connectivity index (χ3n) is 4.33. The van der Waals surface area contributed by atoms with Gasteiger partial charge < -0.3 is 14.5 Å². The average Bonchev–Trinajstić information content (AvgIpc) is 2.95. The highest BCUT2D eigenvalue weighted by Crippen LogP contribution is 2.37. The highest BCUT2D eigenvalue weighted by Gasteiger charge is 2.33. The lowest BCUT2D eigenvalue weighted by Crippen LogP contribution is -2.42. The number of carbonyl (C=O) groups is 2. The van der Waals surface area contributed by atoms with Gasteiger partial charge in [0.1, 0.15) is 17.0 Å². The number of amides is 1. The first-order valence-electron chi connectivity index (χ1n) is 7.83. The standard InChI is InChI=1S/C17H16Cl2N2O4/c1-9-13(16(22)21-7-3-4-10(8-21)17(23)24)15(20-25-9)14-11(18)5-2-6-12(14)19/h2,5-6,10H,3-4,7-8H2,1H3,(H,23,24). The Bertz CT molecular complexity index is 814. The summed E-state index contributed by atoms with van der Waals surface area (Å²) in [5.74, 6) is -1.44. The van der Waals surface area contributed by atoms with Crippen molar-refractivity contribution in [1.29, 1.82) is 0 Å². The Labute approximate surface area is 154 Å². The number of piperidine rings is 1. The molecule has 1 unspecified atom stereocenters. The van der Waals surface area contributed by atoms with E-state index in [0.717, 1.165) is 0 Å². The number of carboxylic acid groups (broad SMARTS) is 1. The predicted molar refractivity (Wildman–Crippen MR) is 93.0 cm³/mol. The van der Waals surface area contributed by atoms with Gasteiger partial charge in [-0.25, -0.2) is 0 Å². The first-order chi connectivity index (χ1) is 11.9. The fourth-order valence-electron chi connectivity index (χ4n) is 3.04. The van der Waals surface area contributed by atoms with Gasteiger partial charge in [-0.1, -0.05) is 34.4 Å². The van der Waals surface area contributed by atoms with E-state index in [0.29, 0.717) is 40.8 Å². The maximum Gasteiger partial charge on any atom is 0.308 e. The molecule has 1 aromatic heterocycles. The number of carbonyl (C=O) groups excluding carboxylic acids is 1. The number of carboxylic acids is 1. The molecule has 1 amide bonds. The Morgan fingerprint density at radius 3 is 2.64 bits per heavy atom. The number of benzene rings is 1. The van der Waals surface area contributed by atoms with Crippen molar-refractivity contribution in [1.82, 2.24) is 10.1 Å². The zero-order valence-corrected chi connectivity index (χ0v) is 15.0. The summed E-state index contributed by atoms with van der Waals surface area (Å²) in [6.07, 6.45) is 1.19. The molecule has 0 saturated carbocycles. The maximum atomic E-state index is 13.0. The summed E-state index contributed by atoms with van der Waals surface area (Å²) < 4.78 is 5.22. The molecule has 0 radical (unpaired) electrons. The summed E-state index contributed by atoms with van der Waals surface area (Å²) >= 11 is 12.5. The van der Waals surface area contributed by atoms with Crippen molar-refractivity contribution in [2.45, 2.75) is 19.8 Å². The van der Waals surface area contributed by atoms with Crippen LogP contribution in [0.15, 0.2) is 22.7 Å². The van der Waals surface area contributed by atoms with Gasteiger partial charge in [0.2, 0.25) is 0 Å². The van der Waals surface area contributed by atoms with Gasteiger partial charge in [-0.3, -0.25) is 9.59 Å². The van der Waals surface area contributed by atoms with E-state index in [1.165, 1.54) is 4.90 Å². The zero-order valence-electron chi connectivity index (χ0n) is 13.5. The largest absolute Gasteiger partial charge is 0.481 e. The quantitative estimate of drug-likeness (QED) is 0.869. The lowest BCUT2D eigenvalue weighted by molar-refractivity contribution is -0.143. The molecule has 2 aromatic rings. The second kappa shape index (κ2) is 7.06. The van der Waals surface area contributed by atoms with Crippen LogP contribution in [0.1, 0.15) is 29.0 Å². The van der Waals surface area contributed by atoms with Crippen LogP contribution in [0.4, 0.5) is 0 Å². The average molecular weight is 383 g/mol. The highest BCUT2D eigenvalue weighted by molar-refractivity contribution is 6.39. The number of halogens is 2. The smallest absolute Gasteiger partial charge is 0.308 e.